The molecule has 0 fully saturated rings. The number of rotatable bonds is 70. The van der Waals surface area contributed by atoms with Gasteiger partial charge in [-0.15, -0.1) is 0 Å². The van der Waals surface area contributed by atoms with Crippen LogP contribution in [0.5, 0.6) is 0 Å². The molecule has 0 aliphatic carbocycles. The Labute approximate surface area is 518 Å². The molecule has 488 valence electrons. The molecule has 0 radical (unpaired) electrons. The van der Waals surface area contributed by atoms with Crippen LogP contribution in [0.1, 0.15) is 406 Å². The minimum absolute atomic E-state index is 0.00485. The average molecular weight is 1170 g/mol. The van der Waals surface area contributed by atoms with Crippen molar-refractivity contribution in [1.29, 1.82) is 0 Å². The van der Waals surface area contributed by atoms with Crippen LogP contribution in [0.15, 0.2) is 48.6 Å². The summed E-state index contributed by atoms with van der Waals surface area (Å²) in [5, 5.41) is 23.3. The van der Waals surface area contributed by atoms with Gasteiger partial charge in [-0.3, -0.25) is 9.59 Å². The van der Waals surface area contributed by atoms with Crippen LogP contribution < -0.4 is 5.32 Å². The lowest BCUT2D eigenvalue weighted by molar-refractivity contribution is -0.143. The molecule has 0 heterocycles. The Morgan fingerprint density at radius 1 is 0.337 bits per heavy atom. The van der Waals surface area contributed by atoms with E-state index >= 15 is 0 Å². The molecule has 6 nitrogen and oxygen atoms in total. The van der Waals surface area contributed by atoms with Crippen molar-refractivity contribution in [2.24, 2.45) is 0 Å². The average Bonchev–Trinajstić information content (AvgIpc) is 3.49. The first-order valence-corrected chi connectivity index (χ1v) is 37.4. The molecule has 3 N–H and O–H groups in total. The highest BCUT2D eigenvalue weighted by Gasteiger charge is 2.20. The number of hydrogen-bond acceptors (Lipinski definition) is 5. The molecule has 1 amide bonds. The molecule has 2 unspecified atom stereocenters. The van der Waals surface area contributed by atoms with Crippen LogP contribution in [0.4, 0.5) is 0 Å². The Balaban J connectivity index is 3.36. The van der Waals surface area contributed by atoms with Crippen LogP contribution in [-0.4, -0.2) is 47.4 Å². The SMILES string of the molecule is CCCCC/C=C\C/C=C\CCCCCCCC(=O)OCCCCCCCCCCCCCCC/C=C\C/C=C\CCCCCCCCCCCCCCCCCCCC(=O)NC(CO)C(O)CCCCCCCCCCCCCCCC. The van der Waals surface area contributed by atoms with Crippen LogP contribution in [0.3, 0.4) is 0 Å². The lowest BCUT2D eigenvalue weighted by Gasteiger charge is -2.22. The maximum Gasteiger partial charge on any atom is 0.305 e. The molecule has 0 saturated carbocycles. The topological polar surface area (TPSA) is 95.9 Å². The van der Waals surface area contributed by atoms with E-state index in [0.29, 0.717) is 25.9 Å². The number of carbonyl (C=O) groups is 2. The zero-order chi connectivity index (χ0) is 59.9. The molecule has 0 aromatic rings. The smallest absolute Gasteiger partial charge is 0.305 e. The van der Waals surface area contributed by atoms with Crippen molar-refractivity contribution in [3.05, 3.63) is 48.6 Å². The summed E-state index contributed by atoms with van der Waals surface area (Å²) in [6.45, 7) is 4.95. The Bertz CT molecular complexity index is 1390. The van der Waals surface area contributed by atoms with Crippen LogP contribution in [0, 0.1) is 0 Å². The number of unbranched alkanes of at least 4 members (excludes halogenated alkanes) is 51. The summed E-state index contributed by atoms with van der Waals surface area (Å²) in [7, 11) is 0. The van der Waals surface area contributed by atoms with Crippen molar-refractivity contribution in [2.45, 2.75) is 418 Å². The number of hydrogen-bond donors (Lipinski definition) is 3. The molecule has 0 aromatic carbocycles. The first-order valence-electron chi connectivity index (χ1n) is 37.4. The van der Waals surface area contributed by atoms with Gasteiger partial charge in [-0.1, -0.05) is 351 Å². The molecular weight excluding hydrogens is 1020 g/mol. The van der Waals surface area contributed by atoms with Gasteiger partial charge < -0.3 is 20.3 Å². The molecule has 0 aliphatic heterocycles. The van der Waals surface area contributed by atoms with E-state index in [1.165, 1.54) is 315 Å². The number of amides is 1. The second-order valence-corrected chi connectivity index (χ2v) is 25.6. The van der Waals surface area contributed by atoms with Gasteiger partial charge in [0.1, 0.15) is 0 Å². The lowest BCUT2D eigenvalue weighted by Crippen LogP contribution is -2.45. The number of nitrogens with one attached hydrogen (secondary N) is 1. The van der Waals surface area contributed by atoms with Crippen molar-refractivity contribution in [3.8, 4) is 0 Å². The normalized spacial score (nSPS) is 12.8. The number of aliphatic hydroxyl groups is 2. The van der Waals surface area contributed by atoms with E-state index in [1.807, 2.05) is 0 Å². The van der Waals surface area contributed by atoms with Crippen LogP contribution in [-0.2, 0) is 14.3 Å². The third-order valence-electron chi connectivity index (χ3n) is 17.4. The number of carbonyl (C=O) groups excluding carboxylic acids is 2. The highest BCUT2D eigenvalue weighted by atomic mass is 16.5. The van der Waals surface area contributed by atoms with E-state index in [0.717, 1.165) is 57.8 Å². The maximum absolute atomic E-state index is 12.5. The van der Waals surface area contributed by atoms with E-state index in [9.17, 15) is 19.8 Å². The second-order valence-electron chi connectivity index (χ2n) is 25.6. The minimum Gasteiger partial charge on any atom is -0.466 e. The third-order valence-corrected chi connectivity index (χ3v) is 17.4. The summed E-state index contributed by atoms with van der Waals surface area (Å²) < 4.78 is 5.49. The molecule has 0 saturated heterocycles. The van der Waals surface area contributed by atoms with Crippen molar-refractivity contribution in [2.75, 3.05) is 13.2 Å². The second kappa shape index (κ2) is 72.3. The van der Waals surface area contributed by atoms with Gasteiger partial charge in [-0.05, 0) is 89.9 Å². The zero-order valence-corrected chi connectivity index (χ0v) is 55.9. The highest BCUT2D eigenvalue weighted by Crippen LogP contribution is 2.19. The minimum atomic E-state index is -0.662. The van der Waals surface area contributed by atoms with E-state index < -0.39 is 12.1 Å². The Morgan fingerprint density at radius 2 is 0.602 bits per heavy atom. The van der Waals surface area contributed by atoms with Crippen molar-refractivity contribution >= 4 is 11.9 Å². The molecule has 0 aliphatic rings. The van der Waals surface area contributed by atoms with Gasteiger partial charge in [0.15, 0.2) is 0 Å². The molecule has 6 heteroatoms. The number of esters is 1. The predicted octanol–water partition coefficient (Wildman–Crippen LogP) is 24.4. The molecule has 83 heavy (non-hydrogen) atoms. The lowest BCUT2D eigenvalue weighted by atomic mass is 10.0. The number of aliphatic hydroxyl groups excluding tert-OH is 2. The van der Waals surface area contributed by atoms with Gasteiger partial charge >= 0.3 is 5.97 Å². The first-order chi connectivity index (χ1) is 41.0. The number of ether oxygens (including phenoxy) is 1. The quantitative estimate of drug-likeness (QED) is 0.0320. The summed E-state index contributed by atoms with van der Waals surface area (Å²) in [4.78, 5) is 24.6. The molecular formula is C77H145NO5. The fraction of sp³-hybridized carbons (Fsp3) is 0.870. The maximum atomic E-state index is 12.5. The fourth-order valence-electron chi connectivity index (χ4n) is 11.6. The van der Waals surface area contributed by atoms with Crippen LogP contribution in [0.2, 0.25) is 0 Å². The van der Waals surface area contributed by atoms with Gasteiger partial charge in [0.25, 0.3) is 0 Å². The fourth-order valence-corrected chi connectivity index (χ4v) is 11.6. The summed E-state index contributed by atoms with van der Waals surface area (Å²) in [6.07, 6.45) is 94.7. The summed E-state index contributed by atoms with van der Waals surface area (Å²) in [5.41, 5.74) is 0. The van der Waals surface area contributed by atoms with E-state index in [1.54, 1.807) is 0 Å². The third kappa shape index (κ3) is 68.8. The summed E-state index contributed by atoms with van der Waals surface area (Å²) >= 11 is 0. The molecule has 0 spiro atoms. The number of allylic oxidation sites excluding steroid dienone is 8. The molecule has 0 bridgehead atoms. The standard InChI is InChI=1S/C77H145NO5/c1-3-5-7-9-11-13-15-17-42-47-51-55-59-63-67-71-77(82)83-72-68-64-60-56-52-48-44-41-39-37-35-33-31-29-27-25-23-21-19-20-22-24-26-28-30-32-34-36-38-40-43-46-50-54-58-62-66-70-76(81)78-74(73-79)75(80)69-65-61-57-53-49-45-18-16-14-12-10-8-6-4-2/h11,13,17,19,21,25,27,42,74-75,79-80H,3-10,12,14-16,18,20,22-24,26,28-41,43-73H2,1-2H3,(H,78,81)/b13-11-,21-19-,27-25-,42-17-. The Hall–Kier alpha value is -2.18. The van der Waals surface area contributed by atoms with Gasteiger partial charge in [0.2, 0.25) is 5.91 Å². The van der Waals surface area contributed by atoms with Crippen molar-refractivity contribution in [1.82, 2.24) is 5.32 Å². The highest BCUT2D eigenvalue weighted by molar-refractivity contribution is 5.76. The van der Waals surface area contributed by atoms with Crippen LogP contribution in [0.25, 0.3) is 0 Å². The largest absolute Gasteiger partial charge is 0.466 e. The van der Waals surface area contributed by atoms with E-state index in [2.05, 4.69) is 67.8 Å². The molecule has 2 atom stereocenters. The van der Waals surface area contributed by atoms with E-state index in [4.69, 9.17) is 4.74 Å². The van der Waals surface area contributed by atoms with Gasteiger partial charge in [0.05, 0.1) is 25.4 Å². The molecule has 0 rings (SSSR count). The van der Waals surface area contributed by atoms with E-state index in [-0.39, 0.29) is 18.5 Å². The van der Waals surface area contributed by atoms with Gasteiger partial charge in [-0.25, -0.2) is 0 Å². The predicted molar refractivity (Wildman–Crippen MR) is 366 cm³/mol. The zero-order valence-electron chi connectivity index (χ0n) is 55.9. The summed E-state index contributed by atoms with van der Waals surface area (Å²) in [6, 6.07) is -0.539. The first kappa shape index (κ1) is 80.8. The monoisotopic (exact) mass is 1160 g/mol. The van der Waals surface area contributed by atoms with Crippen molar-refractivity contribution < 1.29 is 24.5 Å². The van der Waals surface area contributed by atoms with Gasteiger partial charge in [-0.2, -0.15) is 0 Å². The van der Waals surface area contributed by atoms with Crippen LogP contribution >= 0.6 is 0 Å². The molecule has 0 aromatic heterocycles. The van der Waals surface area contributed by atoms with Gasteiger partial charge in [0, 0.05) is 12.8 Å². The Kier molecular flexibility index (Phi) is 70.4. The van der Waals surface area contributed by atoms with Crippen molar-refractivity contribution in [3.63, 3.8) is 0 Å². The summed E-state index contributed by atoms with van der Waals surface area (Å²) in [5.74, 6) is -0.0252. The Morgan fingerprint density at radius 3 is 0.940 bits per heavy atom.